The van der Waals surface area contributed by atoms with Crippen molar-refractivity contribution in [2.45, 2.75) is 19.4 Å². The molecule has 0 radical (unpaired) electrons. The zero-order valence-corrected chi connectivity index (χ0v) is 10.7. The van der Waals surface area contributed by atoms with Crippen molar-refractivity contribution in [1.82, 2.24) is 0 Å². The third kappa shape index (κ3) is 3.57. The second kappa shape index (κ2) is 6.03. The molecule has 3 nitrogen and oxygen atoms in total. The third-order valence-corrected chi connectivity index (χ3v) is 2.80. The van der Waals surface area contributed by atoms with Crippen molar-refractivity contribution in [1.29, 1.82) is 5.26 Å². The van der Waals surface area contributed by atoms with Crippen LogP contribution in [0.2, 0.25) is 0 Å². The second-order valence-electron chi connectivity index (χ2n) is 4.33. The van der Waals surface area contributed by atoms with Crippen LogP contribution in [-0.4, -0.2) is 5.11 Å². The maximum atomic E-state index is 9.42. The van der Waals surface area contributed by atoms with Crippen molar-refractivity contribution in [3.8, 4) is 17.6 Å². The van der Waals surface area contributed by atoms with E-state index in [0.29, 0.717) is 6.42 Å². The highest BCUT2D eigenvalue weighted by molar-refractivity contribution is 5.35. The number of hydrogen-bond acceptors (Lipinski definition) is 3. The minimum Gasteiger partial charge on any atom is -0.457 e. The van der Waals surface area contributed by atoms with Gasteiger partial charge in [0, 0.05) is 0 Å². The molecule has 96 valence electrons. The van der Waals surface area contributed by atoms with Crippen molar-refractivity contribution in [3.63, 3.8) is 0 Å². The summed E-state index contributed by atoms with van der Waals surface area (Å²) in [6.45, 7) is 1.73. The normalized spacial score (nSPS) is 11.6. The topological polar surface area (TPSA) is 53.2 Å². The molecule has 19 heavy (non-hydrogen) atoms. The minimum absolute atomic E-state index is 0.406. The maximum Gasteiger partial charge on any atom is 0.127 e. The molecule has 0 aliphatic rings. The zero-order chi connectivity index (χ0) is 13.7. The molecule has 0 saturated carbocycles. The Bertz CT molecular complexity index is 565. The lowest BCUT2D eigenvalue weighted by Gasteiger charge is -2.08. The smallest absolute Gasteiger partial charge is 0.127 e. The van der Waals surface area contributed by atoms with E-state index in [1.807, 2.05) is 48.5 Å². The van der Waals surface area contributed by atoms with Crippen LogP contribution in [0, 0.1) is 11.3 Å². The SMILES string of the molecule is CC(O)c1ccc(Oc2ccc(CC#N)cc2)cc1. The molecule has 3 heteroatoms. The summed E-state index contributed by atoms with van der Waals surface area (Å²) in [6, 6.07) is 16.9. The highest BCUT2D eigenvalue weighted by atomic mass is 16.5. The number of rotatable bonds is 4. The Morgan fingerprint density at radius 1 is 1.05 bits per heavy atom. The van der Waals surface area contributed by atoms with E-state index in [9.17, 15) is 5.11 Å². The molecule has 0 saturated heterocycles. The Labute approximate surface area is 112 Å². The molecule has 0 fully saturated rings. The van der Waals surface area contributed by atoms with Gasteiger partial charge in [0.15, 0.2) is 0 Å². The number of nitriles is 1. The Kier molecular flexibility index (Phi) is 4.17. The molecule has 0 aliphatic heterocycles. The summed E-state index contributed by atoms with van der Waals surface area (Å²) in [4.78, 5) is 0. The van der Waals surface area contributed by atoms with Crippen molar-refractivity contribution in [2.75, 3.05) is 0 Å². The predicted molar refractivity (Wildman–Crippen MR) is 72.9 cm³/mol. The van der Waals surface area contributed by atoms with Crippen molar-refractivity contribution < 1.29 is 9.84 Å². The number of hydrogen-bond donors (Lipinski definition) is 1. The molecule has 1 atom stereocenters. The lowest BCUT2D eigenvalue weighted by molar-refractivity contribution is 0.199. The fraction of sp³-hybridized carbons (Fsp3) is 0.188. The molecule has 0 bridgehead atoms. The van der Waals surface area contributed by atoms with Crippen molar-refractivity contribution >= 4 is 0 Å². The molecule has 0 aliphatic carbocycles. The predicted octanol–water partition coefficient (Wildman–Crippen LogP) is 3.60. The zero-order valence-electron chi connectivity index (χ0n) is 10.7. The van der Waals surface area contributed by atoms with Crippen LogP contribution in [-0.2, 0) is 6.42 Å². The number of ether oxygens (including phenoxy) is 1. The molecule has 0 heterocycles. The molecule has 2 aromatic rings. The highest BCUT2D eigenvalue weighted by Crippen LogP contribution is 2.23. The summed E-state index contributed by atoms with van der Waals surface area (Å²) in [5.74, 6) is 1.45. The largest absolute Gasteiger partial charge is 0.457 e. The van der Waals surface area contributed by atoms with E-state index < -0.39 is 6.10 Å². The molecule has 1 unspecified atom stereocenters. The first-order chi connectivity index (χ1) is 9.19. The molecular weight excluding hydrogens is 238 g/mol. The lowest BCUT2D eigenvalue weighted by atomic mass is 10.1. The van der Waals surface area contributed by atoms with Gasteiger partial charge in [-0.05, 0) is 42.3 Å². The van der Waals surface area contributed by atoms with E-state index in [0.717, 1.165) is 22.6 Å². The van der Waals surface area contributed by atoms with Gasteiger partial charge < -0.3 is 9.84 Å². The standard InChI is InChI=1S/C16H15NO2/c1-12(18)14-4-8-16(9-5-14)19-15-6-2-13(3-7-15)10-11-17/h2-9,12,18H,10H2,1H3. The molecule has 0 aromatic heterocycles. The van der Waals surface area contributed by atoms with Gasteiger partial charge in [-0.1, -0.05) is 24.3 Å². The van der Waals surface area contributed by atoms with E-state index in [2.05, 4.69) is 6.07 Å². The van der Waals surface area contributed by atoms with Crippen molar-refractivity contribution in [2.24, 2.45) is 0 Å². The Hall–Kier alpha value is -2.31. The van der Waals surface area contributed by atoms with Gasteiger partial charge in [0.05, 0.1) is 18.6 Å². The third-order valence-electron chi connectivity index (χ3n) is 2.80. The van der Waals surface area contributed by atoms with Gasteiger partial charge in [0.1, 0.15) is 11.5 Å². The summed E-state index contributed by atoms with van der Waals surface area (Å²) in [6.07, 6.45) is -0.0667. The van der Waals surface area contributed by atoms with Gasteiger partial charge in [0.25, 0.3) is 0 Å². The van der Waals surface area contributed by atoms with Crippen LogP contribution in [0.3, 0.4) is 0 Å². The van der Waals surface area contributed by atoms with Crippen LogP contribution in [0.15, 0.2) is 48.5 Å². The van der Waals surface area contributed by atoms with Gasteiger partial charge in [-0.3, -0.25) is 0 Å². The average Bonchev–Trinajstić information content (AvgIpc) is 2.42. The van der Waals surface area contributed by atoms with Crippen LogP contribution >= 0.6 is 0 Å². The Morgan fingerprint density at radius 2 is 1.58 bits per heavy atom. The number of aliphatic hydroxyl groups is 1. The first kappa shape index (κ1) is 13.1. The summed E-state index contributed by atoms with van der Waals surface area (Å²) in [5.41, 5.74) is 1.83. The molecule has 0 spiro atoms. The quantitative estimate of drug-likeness (QED) is 0.905. The van der Waals surface area contributed by atoms with Gasteiger partial charge in [-0.15, -0.1) is 0 Å². The average molecular weight is 253 g/mol. The first-order valence-electron chi connectivity index (χ1n) is 6.11. The molecule has 2 rings (SSSR count). The fourth-order valence-electron chi connectivity index (χ4n) is 1.72. The monoisotopic (exact) mass is 253 g/mol. The van der Waals surface area contributed by atoms with Crippen LogP contribution in [0.1, 0.15) is 24.2 Å². The van der Waals surface area contributed by atoms with Crippen LogP contribution in [0.5, 0.6) is 11.5 Å². The lowest BCUT2D eigenvalue weighted by Crippen LogP contribution is -1.91. The van der Waals surface area contributed by atoms with Gasteiger partial charge in [-0.2, -0.15) is 5.26 Å². The molecule has 1 N–H and O–H groups in total. The summed E-state index contributed by atoms with van der Waals surface area (Å²) < 4.78 is 5.68. The van der Waals surface area contributed by atoms with E-state index in [4.69, 9.17) is 10.00 Å². The van der Waals surface area contributed by atoms with E-state index in [1.54, 1.807) is 6.92 Å². The second-order valence-corrected chi connectivity index (χ2v) is 4.33. The molecule has 2 aromatic carbocycles. The van der Waals surface area contributed by atoms with Gasteiger partial charge in [0.2, 0.25) is 0 Å². The van der Waals surface area contributed by atoms with E-state index in [-0.39, 0.29) is 0 Å². The molecular formula is C16H15NO2. The van der Waals surface area contributed by atoms with E-state index >= 15 is 0 Å². The maximum absolute atomic E-state index is 9.42. The Morgan fingerprint density at radius 3 is 2.05 bits per heavy atom. The van der Waals surface area contributed by atoms with E-state index in [1.165, 1.54) is 0 Å². The number of aliphatic hydroxyl groups excluding tert-OH is 1. The summed E-state index contributed by atoms with van der Waals surface area (Å²) in [7, 11) is 0. The van der Waals surface area contributed by atoms with Crippen LogP contribution in [0.25, 0.3) is 0 Å². The van der Waals surface area contributed by atoms with Crippen LogP contribution < -0.4 is 4.74 Å². The van der Waals surface area contributed by atoms with Crippen LogP contribution in [0.4, 0.5) is 0 Å². The highest BCUT2D eigenvalue weighted by Gasteiger charge is 2.02. The van der Waals surface area contributed by atoms with Crippen molar-refractivity contribution in [3.05, 3.63) is 59.7 Å². The van der Waals surface area contributed by atoms with Gasteiger partial charge in [-0.25, -0.2) is 0 Å². The minimum atomic E-state index is -0.473. The van der Waals surface area contributed by atoms with Gasteiger partial charge >= 0.3 is 0 Å². The fourth-order valence-corrected chi connectivity index (χ4v) is 1.72. The Balaban J connectivity index is 2.06. The molecule has 0 amide bonds. The number of benzene rings is 2. The summed E-state index contributed by atoms with van der Waals surface area (Å²) >= 11 is 0. The first-order valence-corrected chi connectivity index (χ1v) is 6.11. The number of nitrogens with zero attached hydrogens (tertiary/aromatic N) is 1. The summed E-state index contributed by atoms with van der Waals surface area (Å²) in [5, 5.41) is 18.0.